The third-order valence-electron chi connectivity index (χ3n) is 3.12. The number of hydrogen-bond acceptors (Lipinski definition) is 3. The lowest BCUT2D eigenvalue weighted by Gasteiger charge is -2.18. The number of aryl methyl sites for hydroxylation is 2. The topological polar surface area (TPSA) is 56.7 Å². The first-order valence-corrected chi connectivity index (χ1v) is 5.51. The number of rotatable bonds is 1. The zero-order chi connectivity index (χ0) is 11.1. The predicted octanol–water partition coefficient (Wildman–Crippen LogP) is 1.27. The minimum Gasteiger partial charge on any atom is -0.324 e. The first-order valence-electron chi connectivity index (χ1n) is 5.51. The monoisotopic (exact) mass is 214 g/mol. The van der Waals surface area contributed by atoms with Crippen molar-refractivity contribution in [1.29, 1.82) is 0 Å². The van der Waals surface area contributed by atoms with Crippen LogP contribution in [-0.4, -0.2) is 14.8 Å². The summed E-state index contributed by atoms with van der Waals surface area (Å²) >= 11 is 0. The maximum absolute atomic E-state index is 5.64. The van der Waals surface area contributed by atoms with E-state index in [0.29, 0.717) is 6.54 Å². The number of nitrogens with zero attached hydrogens (tertiary/aromatic N) is 3. The van der Waals surface area contributed by atoms with E-state index in [9.17, 15) is 0 Å². The number of nitrogens with two attached hydrogens (primary N) is 1. The highest BCUT2D eigenvalue weighted by Crippen LogP contribution is 2.29. The highest BCUT2D eigenvalue weighted by molar-refractivity contribution is 5.63. The summed E-state index contributed by atoms with van der Waals surface area (Å²) in [6.07, 6.45) is 1.04. The second-order valence-corrected chi connectivity index (χ2v) is 4.21. The molecule has 2 heterocycles. The molecule has 0 bridgehead atoms. The fourth-order valence-corrected chi connectivity index (χ4v) is 2.27. The van der Waals surface area contributed by atoms with Gasteiger partial charge in [0.1, 0.15) is 5.82 Å². The van der Waals surface area contributed by atoms with Gasteiger partial charge in [-0.15, -0.1) is 10.2 Å². The van der Waals surface area contributed by atoms with E-state index < -0.39 is 0 Å². The van der Waals surface area contributed by atoms with Gasteiger partial charge < -0.3 is 10.3 Å². The van der Waals surface area contributed by atoms with Crippen molar-refractivity contribution in [3.63, 3.8) is 0 Å². The standard InChI is InChI=1S/C12H14N4/c1-8-2-3-9-4-5-16-11(7-13)14-15-12(16)10(9)6-8/h2-3,6H,4-5,7,13H2,1H3. The summed E-state index contributed by atoms with van der Waals surface area (Å²) in [5.74, 6) is 1.84. The molecule has 0 unspecified atom stereocenters. The molecule has 1 aliphatic rings. The van der Waals surface area contributed by atoms with E-state index in [1.165, 1.54) is 16.7 Å². The summed E-state index contributed by atoms with van der Waals surface area (Å²) in [6.45, 7) is 3.48. The van der Waals surface area contributed by atoms with Crippen molar-refractivity contribution in [2.75, 3.05) is 0 Å². The Hall–Kier alpha value is -1.68. The molecule has 82 valence electrons. The molecule has 0 atom stereocenters. The van der Waals surface area contributed by atoms with Crippen LogP contribution in [0.5, 0.6) is 0 Å². The number of fused-ring (bicyclic) bond motifs is 3. The van der Waals surface area contributed by atoms with Gasteiger partial charge in [0.05, 0.1) is 6.54 Å². The lowest BCUT2D eigenvalue weighted by atomic mass is 9.98. The Morgan fingerprint density at radius 1 is 1.38 bits per heavy atom. The van der Waals surface area contributed by atoms with Gasteiger partial charge in [0.25, 0.3) is 0 Å². The highest BCUT2D eigenvalue weighted by Gasteiger charge is 2.20. The van der Waals surface area contributed by atoms with Gasteiger partial charge in [0.2, 0.25) is 0 Å². The minimum atomic E-state index is 0.453. The molecule has 0 fully saturated rings. The largest absolute Gasteiger partial charge is 0.324 e. The van der Waals surface area contributed by atoms with Crippen molar-refractivity contribution in [2.24, 2.45) is 5.73 Å². The smallest absolute Gasteiger partial charge is 0.164 e. The van der Waals surface area contributed by atoms with E-state index in [1.54, 1.807) is 0 Å². The van der Waals surface area contributed by atoms with Crippen LogP contribution in [0.2, 0.25) is 0 Å². The van der Waals surface area contributed by atoms with Crippen LogP contribution in [0, 0.1) is 6.92 Å². The van der Waals surface area contributed by atoms with Gasteiger partial charge in [0, 0.05) is 12.1 Å². The Kier molecular flexibility index (Phi) is 2.04. The molecular formula is C12H14N4. The first-order chi connectivity index (χ1) is 7.79. The Morgan fingerprint density at radius 2 is 2.25 bits per heavy atom. The van der Waals surface area contributed by atoms with Crippen LogP contribution >= 0.6 is 0 Å². The van der Waals surface area contributed by atoms with Crippen molar-refractivity contribution < 1.29 is 0 Å². The van der Waals surface area contributed by atoms with Crippen molar-refractivity contribution >= 4 is 0 Å². The molecule has 4 heteroatoms. The van der Waals surface area contributed by atoms with Gasteiger partial charge in [-0.1, -0.05) is 17.7 Å². The molecule has 0 saturated heterocycles. The van der Waals surface area contributed by atoms with E-state index in [1.807, 2.05) is 0 Å². The van der Waals surface area contributed by atoms with Gasteiger partial charge in [-0.3, -0.25) is 0 Å². The average molecular weight is 214 g/mol. The summed E-state index contributed by atoms with van der Waals surface area (Å²) in [4.78, 5) is 0. The molecule has 0 amide bonds. The highest BCUT2D eigenvalue weighted by atomic mass is 15.3. The quantitative estimate of drug-likeness (QED) is 0.777. The fourth-order valence-electron chi connectivity index (χ4n) is 2.27. The van der Waals surface area contributed by atoms with E-state index in [4.69, 9.17) is 5.73 Å². The number of aromatic nitrogens is 3. The zero-order valence-corrected chi connectivity index (χ0v) is 9.27. The van der Waals surface area contributed by atoms with Crippen molar-refractivity contribution in [1.82, 2.24) is 14.8 Å². The van der Waals surface area contributed by atoms with Crippen LogP contribution in [0.15, 0.2) is 18.2 Å². The molecule has 0 aliphatic carbocycles. The SMILES string of the molecule is Cc1ccc2c(c1)-c1nnc(CN)n1CC2. The minimum absolute atomic E-state index is 0.453. The van der Waals surface area contributed by atoms with Crippen molar-refractivity contribution in [2.45, 2.75) is 26.4 Å². The molecule has 2 aromatic rings. The van der Waals surface area contributed by atoms with Crippen LogP contribution in [0.1, 0.15) is 17.0 Å². The maximum Gasteiger partial charge on any atom is 0.164 e. The van der Waals surface area contributed by atoms with Crippen LogP contribution in [0.3, 0.4) is 0 Å². The Labute approximate surface area is 94.1 Å². The molecule has 0 saturated carbocycles. The summed E-state index contributed by atoms with van der Waals surface area (Å²) in [5.41, 5.74) is 9.46. The van der Waals surface area contributed by atoms with Crippen molar-refractivity contribution in [3.05, 3.63) is 35.2 Å². The molecule has 2 N–H and O–H groups in total. The van der Waals surface area contributed by atoms with Gasteiger partial charge in [-0.2, -0.15) is 0 Å². The third-order valence-corrected chi connectivity index (χ3v) is 3.12. The van der Waals surface area contributed by atoms with Crippen LogP contribution in [0.25, 0.3) is 11.4 Å². The van der Waals surface area contributed by atoms with Gasteiger partial charge >= 0.3 is 0 Å². The average Bonchev–Trinajstić information content (AvgIpc) is 2.72. The molecule has 16 heavy (non-hydrogen) atoms. The molecular weight excluding hydrogens is 200 g/mol. The first kappa shape index (κ1) is 9.54. The Morgan fingerprint density at radius 3 is 3.06 bits per heavy atom. The van der Waals surface area contributed by atoms with Gasteiger partial charge in [-0.25, -0.2) is 0 Å². The van der Waals surface area contributed by atoms with Crippen LogP contribution in [-0.2, 0) is 19.5 Å². The molecule has 1 aromatic carbocycles. The lowest BCUT2D eigenvalue weighted by molar-refractivity contribution is 0.643. The summed E-state index contributed by atoms with van der Waals surface area (Å²) in [5, 5.41) is 8.38. The predicted molar refractivity (Wildman–Crippen MR) is 61.8 cm³/mol. The Balaban J connectivity index is 2.22. The van der Waals surface area contributed by atoms with Crippen molar-refractivity contribution in [3.8, 4) is 11.4 Å². The normalized spacial score (nSPS) is 13.4. The molecule has 0 spiro atoms. The Bertz CT molecular complexity index is 542. The summed E-state index contributed by atoms with van der Waals surface area (Å²) in [6, 6.07) is 6.51. The van der Waals surface area contributed by atoms with E-state index in [2.05, 4.69) is 39.9 Å². The third kappa shape index (κ3) is 1.27. The number of hydrogen-bond donors (Lipinski definition) is 1. The zero-order valence-electron chi connectivity index (χ0n) is 9.27. The second-order valence-electron chi connectivity index (χ2n) is 4.21. The molecule has 4 nitrogen and oxygen atoms in total. The molecule has 1 aromatic heterocycles. The van der Waals surface area contributed by atoms with Crippen LogP contribution < -0.4 is 5.73 Å². The maximum atomic E-state index is 5.64. The van der Waals surface area contributed by atoms with E-state index in [0.717, 1.165) is 24.6 Å². The van der Waals surface area contributed by atoms with E-state index in [-0.39, 0.29) is 0 Å². The van der Waals surface area contributed by atoms with Gasteiger partial charge in [0.15, 0.2) is 5.82 Å². The fraction of sp³-hybridized carbons (Fsp3) is 0.333. The number of benzene rings is 1. The second kappa shape index (κ2) is 3.42. The van der Waals surface area contributed by atoms with Gasteiger partial charge in [-0.05, 0) is 25.0 Å². The summed E-state index contributed by atoms with van der Waals surface area (Å²) in [7, 11) is 0. The summed E-state index contributed by atoms with van der Waals surface area (Å²) < 4.78 is 2.13. The van der Waals surface area contributed by atoms with E-state index >= 15 is 0 Å². The van der Waals surface area contributed by atoms with Crippen LogP contribution in [0.4, 0.5) is 0 Å². The molecule has 0 radical (unpaired) electrons. The lowest BCUT2D eigenvalue weighted by Crippen LogP contribution is -2.15. The molecule has 1 aliphatic heterocycles. The molecule has 3 rings (SSSR count).